The van der Waals surface area contributed by atoms with Gasteiger partial charge in [-0.3, -0.25) is 4.79 Å². The largest absolute Gasteiger partial charge is 0.496 e. The maximum Gasteiger partial charge on any atom is 0.233 e. The van der Waals surface area contributed by atoms with Crippen molar-refractivity contribution in [3.8, 4) is 5.75 Å². The minimum atomic E-state index is 0.134. The fraction of sp³-hybridized carbons (Fsp3) is 0.500. The van der Waals surface area contributed by atoms with Crippen LogP contribution in [0.5, 0.6) is 5.75 Å². The fourth-order valence-corrected chi connectivity index (χ4v) is 3.58. The topological polar surface area (TPSA) is 29.5 Å². The third-order valence-electron chi connectivity index (χ3n) is 3.52. The summed E-state index contributed by atoms with van der Waals surface area (Å²) in [6, 6.07) is 8.01. The second kappa shape index (κ2) is 4.84. The van der Waals surface area contributed by atoms with Gasteiger partial charge in [0.2, 0.25) is 5.91 Å². The van der Waals surface area contributed by atoms with E-state index >= 15 is 0 Å². The van der Waals surface area contributed by atoms with E-state index in [2.05, 4.69) is 6.07 Å². The Morgan fingerprint density at radius 3 is 2.89 bits per heavy atom. The van der Waals surface area contributed by atoms with Crippen LogP contribution in [0.15, 0.2) is 24.3 Å². The average molecular weight is 263 g/mol. The molecule has 3 rings (SSSR count). The molecule has 0 radical (unpaired) electrons. The van der Waals surface area contributed by atoms with E-state index in [1.807, 2.05) is 23.1 Å². The van der Waals surface area contributed by atoms with Gasteiger partial charge in [0.15, 0.2) is 0 Å². The van der Waals surface area contributed by atoms with Crippen LogP contribution in [0.2, 0.25) is 0 Å². The van der Waals surface area contributed by atoms with E-state index in [-0.39, 0.29) is 11.3 Å². The number of nitrogens with zero attached hydrogens (tertiary/aromatic N) is 1. The second-order valence-electron chi connectivity index (χ2n) is 4.89. The van der Waals surface area contributed by atoms with Gasteiger partial charge in [0.1, 0.15) is 11.1 Å². The summed E-state index contributed by atoms with van der Waals surface area (Å²) in [7, 11) is 1.69. The Hall–Kier alpha value is -1.16. The molecule has 0 bridgehead atoms. The van der Waals surface area contributed by atoms with Crippen LogP contribution in [-0.2, 0) is 4.79 Å². The van der Waals surface area contributed by atoms with E-state index in [0.717, 1.165) is 23.8 Å². The smallest absolute Gasteiger partial charge is 0.233 e. The highest BCUT2D eigenvalue weighted by molar-refractivity contribution is 8.00. The summed E-state index contributed by atoms with van der Waals surface area (Å²) in [4.78, 5) is 14.0. The maximum absolute atomic E-state index is 12.0. The molecule has 1 saturated heterocycles. The van der Waals surface area contributed by atoms with E-state index in [1.54, 1.807) is 18.9 Å². The van der Waals surface area contributed by atoms with Crippen LogP contribution in [0.25, 0.3) is 0 Å². The first-order chi connectivity index (χ1) is 8.79. The van der Waals surface area contributed by atoms with Crippen molar-refractivity contribution >= 4 is 17.7 Å². The van der Waals surface area contributed by atoms with Gasteiger partial charge in [-0.2, -0.15) is 0 Å². The van der Waals surface area contributed by atoms with Gasteiger partial charge < -0.3 is 9.64 Å². The van der Waals surface area contributed by atoms with E-state index in [1.165, 1.54) is 12.8 Å². The number of ether oxygens (including phenoxy) is 1. The molecule has 1 aromatic carbocycles. The number of methoxy groups -OCH3 is 1. The van der Waals surface area contributed by atoms with Crippen LogP contribution in [0.3, 0.4) is 0 Å². The zero-order valence-electron chi connectivity index (χ0n) is 10.5. The van der Waals surface area contributed by atoms with Crippen molar-refractivity contribution in [3.63, 3.8) is 0 Å². The predicted molar refractivity (Wildman–Crippen MR) is 72.6 cm³/mol. The number of rotatable bonds is 4. The molecular weight excluding hydrogens is 246 g/mol. The molecule has 1 aromatic rings. The SMILES string of the molecule is COc1ccccc1C1SCC(=O)N1CC1CC1. The Morgan fingerprint density at radius 2 is 2.17 bits per heavy atom. The normalized spacial score (nSPS) is 23.5. The van der Waals surface area contributed by atoms with Crippen molar-refractivity contribution in [2.24, 2.45) is 5.92 Å². The van der Waals surface area contributed by atoms with Gasteiger partial charge in [-0.05, 0) is 24.8 Å². The van der Waals surface area contributed by atoms with Crippen LogP contribution in [0.4, 0.5) is 0 Å². The molecule has 1 aliphatic carbocycles. The molecule has 1 atom stereocenters. The number of thioether (sulfide) groups is 1. The molecule has 2 aliphatic rings. The number of hydrogen-bond donors (Lipinski definition) is 0. The summed E-state index contributed by atoms with van der Waals surface area (Å²) < 4.78 is 5.41. The van der Waals surface area contributed by atoms with Crippen molar-refractivity contribution in [2.45, 2.75) is 18.2 Å². The van der Waals surface area contributed by atoms with E-state index in [0.29, 0.717) is 5.75 Å². The lowest BCUT2D eigenvalue weighted by Crippen LogP contribution is -2.30. The Morgan fingerprint density at radius 1 is 1.39 bits per heavy atom. The minimum absolute atomic E-state index is 0.134. The minimum Gasteiger partial charge on any atom is -0.496 e. The summed E-state index contributed by atoms with van der Waals surface area (Å²) in [6.45, 7) is 0.911. The average Bonchev–Trinajstić information content (AvgIpc) is 3.15. The first-order valence-electron chi connectivity index (χ1n) is 6.33. The Bertz CT molecular complexity index is 459. The van der Waals surface area contributed by atoms with Crippen molar-refractivity contribution < 1.29 is 9.53 Å². The molecule has 2 fully saturated rings. The van der Waals surface area contributed by atoms with E-state index < -0.39 is 0 Å². The molecule has 0 aromatic heterocycles. The molecule has 0 N–H and O–H groups in total. The van der Waals surface area contributed by atoms with E-state index in [9.17, 15) is 4.79 Å². The lowest BCUT2D eigenvalue weighted by Gasteiger charge is -2.25. The van der Waals surface area contributed by atoms with Gasteiger partial charge in [0.05, 0.1) is 12.9 Å². The quantitative estimate of drug-likeness (QED) is 0.836. The standard InChI is InChI=1S/C14H17NO2S/c1-17-12-5-3-2-4-11(12)14-15(8-10-6-7-10)13(16)9-18-14/h2-5,10,14H,6-9H2,1H3. The first kappa shape index (κ1) is 11.9. The van der Waals surface area contributed by atoms with Crippen LogP contribution in [0, 0.1) is 5.92 Å². The molecule has 3 nitrogen and oxygen atoms in total. The Balaban J connectivity index is 1.86. The third-order valence-corrected chi connectivity index (χ3v) is 4.76. The summed E-state index contributed by atoms with van der Waals surface area (Å²) in [5.74, 6) is 2.47. The summed E-state index contributed by atoms with van der Waals surface area (Å²) in [5, 5.41) is 0.134. The number of benzene rings is 1. The first-order valence-corrected chi connectivity index (χ1v) is 7.38. The number of para-hydroxylation sites is 1. The molecular formula is C14H17NO2S. The van der Waals surface area contributed by atoms with Crippen molar-refractivity contribution in [2.75, 3.05) is 19.4 Å². The molecule has 1 heterocycles. The van der Waals surface area contributed by atoms with Crippen molar-refractivity contribution in [1.82, 2.24) is 4.90 Å². The lowest BCUT2D eigenvalue weighted by molar-refractivity contribution is -0.128. The molecule has 18 heavy (non-hydrogen) atoms. The summed E-state index contributed by atoms with van der Waals surface area (Å²) in [6.07, 6.45) is 2.54. The van der Waals surface area contributed by atoms with Gasteiger partial charge in [-0.1, -0.05) is 18.2 Å². The van der Waals surface area contributed by atoms with Crippen LogP contribution in [0.1, 0.15) is 23.8 Å². The Kier molecular flexibility index (Phi) is 3.20. The number of carbonyl (C=O) groups is 1. The van der Waals surface area contributed by atoms with E-state index in [4.69, 9.17) is 4.74 Å². The van der Waals surface area contributed by atoms with Gasteiger partial charge in [0, 0.05) is 12.1 Å². The van der Waals surface area contributed by atoms with Crippen LogP contribution < -0.4 is 4.74 Å². The highest BCUT2D eigenvalue weighted by Crippen LogP contribution is 2.44. The fourth-order valence-electron chi connectivity index (χ4n) is 2.36. The molecule has 1 saturated carbocycles. The second-order valence-corrected chi connectivity index (χ2v) is 5.96. The number of hydrogen-bond acceptors (Lipinski definition) is 3. The van der Waals surface area contributed by atoms with Crippen LogP contribution in [-0.4, -0.2) is 30.2 Å². The zero-order valence-corrected chi connectivity index (χ0v) is 11.3. The number of carbonyl (C=O) groups excluding carboxylic acids is 1. The monoisotopic (exact) mass is 263 g/mol. The predicted octanol–water partition coefficient (Wildman–Crippen LogP) is 2.68. The van der Waals surface area contributed by atoms with Gasteiger partial charge in [0.25, 0.3) is 0 Å². The molecule has 1 amide bonds. The highest BCUT2D eigenvalue weighted by atomic mass is 32.2. The molecule has 4 heteroatoms. The molecule has 1 aliphatic heterocycles. The number of amides is 1. The van der Waals surface area contributed by atoms with Gasteiger partial charge in [-0.15, -0.1) is 11.8 Å². The highest BCUT2D eigenvalue weighted by Gasteiger charge is 2.37. The lowest BCUT2D eigenvalue weighted by atomic mass is 10.1. The van der Waals surface area contributed by atoms with Crippen molar-refractivity contribution in [1.29, 1.82) is 0 Å². The van der Waals surface area contributed by atoms with Crippen molar-refractivity contribution in [3.05, 3.63) is 29.8 Å². The summed E-state index contributed by atoms with van der Waals surface area (Å²) in [5.41, 5.74) is 1.12. The third kappa shape index (κ3) is 2.21. The van der Waals surface area contributed by atoms with Crippen LogP contribution >= 0.6 is 11.8 Å². The maximum atomic E-state index is 12.0. The Labute approximate surface area is 111 Å². The summed E-state index contributed by atoms with van der Waals surface area (Å²) >= 11 is 1.71. The molecule has 0 spiro atoms. The van der Waals surface area contributed by atoms with Gasteiger partial charge >= 0.3 is 0 Å². The molecule has 1 unspecified atom stereocenters. The zero-order chi connectivity index (χ0) is 12.5. The van der Waals surface area contributed by atoms with Gasteiger partial charge in [-0.25, -0.2) is 0 Å². The molecule has 96 valence electrons.